The Balaban J connectivity index is -0.000000120. The van der Waals surface area contributed by atoms with Gasteiger partial charge >= 0.3 is 23.9 Å². The van der Waals surface area contributed by atoms with Gasteiger partial charge in [-0.25, -0.2) is 0 Å². The summed E-state index contributed by atoms with van der Waals surface area (Å²) >= 11 is 0. The van der Waals surface area contributed by atoms with Gasteiger partial charge in [0.25, 0.3) is 0 Å². The smallest absolute Gasteiger partial charge is 1.00 e. The van der Waals surface area contributed by atoms with Crippen molar-refractivity contribution in [3.05, 3.63) is 19.3 Å². The molecule has 3 saturated carbocycles. The predicted molar refractivity (Wildman–Crippen MR) is 112 cm³/mol. The van der Waals surface area contributed by atoms with Crippen LogP contribution in [0.5, 0.6) is 0 Å². The first kappa shape index (κ1) is 34.8. The summed E-state index contributed by atoms with van der Waals surface area (Å²) in [5.41, 5.74) is 0. The maximum absolute atomic E-state index is 2.39. The minimum Gasteiger partial charge on any atom is -1.00 e. The molecule has 0 unspecified atom stereocenters. The van der Waals surface area contributed by atoms with E-state index in [-0.39, 0.29) is 48.7 Å². The van der Waals surface area contributed by atoms with E-state index in [2.05, 4.69) is 47.5 Å². The molecular weight excluding hydrogens is 468 g/mol. The van der Waals surface area contributed by atoms with Gasteiger partial charge in [-0.2, -0.15) is 38.5 Å². The maximum Gasteiger partial charge on any atom is 4.00 e. The molecule has 3 aliphatic rings. The molecule has 0 aliphatic heterocycles. The van der Waals surface area contributed by atoms with E-state index in [4.69, 9.17) is 0 Å². The van der Waals surface area contributed by atoms with Crippen LogP contribution in [0.3, 0.4) is 0 Å². The van der Waals surface area contributed by atoms with Crippen molar-refractivity contribution in [1.29, 1.82) is 0 Å². The molecule has 0 N–H and O–H groups in total. The van der Waals surface area contributed by atoms with Crippen LogP contribution < -0.4 is 24.8 Å². The molecule has 26 heavy (non-hydrogen) atoms. The van der Waals surface area contributed by atoms with Gasteiger partial charge in [0.2, 0.25) is 0 Å². The van der Waals surface area contributed by atoms with Crippen LogP contribution in [0.25, 0.3) is 0 Å². The molecule has 4 heteroatoms. The Morgan fingerprint density at radius 3 is 0.615 bits per heavy atom. The summed E-state index contributed by atoms with van der Waals surface area (Å²) in [5, 5.41) is 0. The number of hydrogen-bond acceptors (Lipinski definition) is 0. The fraction of sp³-hybridized carbons (Fsp3) is 0.864. The summed E-state index contributed by atoms with van der Waals surface area (Å²) in [6.45, 7) is 0. The standard InChI is InChI=1S/3C6H11.C4H12N.2ClH.Sn/c3*1-2-4-6-5-3-1;1-5(2,3)4;;;/h3*1H,2-6H2;1-4H3;2*1H;/q3*-1;+1;;;+4/p-2. The second-order valence-electron chi connectivity index (χ2n) is 8.46. The molecule has 0 amide bonds. The minimum absolute atomic E-state index is 0. The predicted octanol–water partition coefficient (Wildman–Crippen LogP) is 0.414. The number of halogens is 2. The molecule has 3 rings (SSSR count). The summed E-state index contributed by atoms with van der Waals surface area (Å²) in [6.07, 6.45) is 28.5. The van der Waals surface area contributed by atoms with E-state index < -0.39 is 0 Å². The van der Waals surface area contributed by atoms with Crippen LogP contribution in [-0.4, -0.2) is 56.6 Å². The van der Waals surface area contributed by atoms with Gasteiger partial charge in [0, 0.05) is 0 Å². The van der Waals surface area contributed by atoms with Crippen molar-refractivity contribution < 1.29 is 29.3 Å². The number of hydrogen-bond donors (Lipinski definition) is 0. The first-order chi connectivity index (χ1) is 11.0. The monoisotopic (exact) mass is 513 g/mol. The molecule has 0 saturated heterocycles. The van der Waals surface area contributed by atoms with Crippen LogP contribution in [0.1, 0.15) is 96.3 Å². The largest absolute Gasteiger partial charge is 4.00 e. The van der Waals surface area contributed by atoms with Crippen molar-refractivity contribution in [2.45, 2.75) is 96.3 Å². The van der Waals surface area contributed by atoms with Gasteiger partial charge in [0.15, 0.2) is 0 Å². The van der Waals surface area contributed by atoms with Gasteiger partial charge in [-0.1, -0.05) is 57.8 Å². The van der Waals surface area contributed by atoms with Gasteiger partial charge in [-0.3, -0.25) is 0 Å². The van der Waals surface area contributed by atoms with E-state index in [1.165, 1.54) is 96.3 Å². The van der Waals surface area contributed by atoms with Crippen molar-refractivity contribution in [3.8, 4) is 0 Å². The molecule has 3 aliphatic carbocycles. The topological polar surface area (TPSA) is 0 Å². The van der Waals surface area contributed by atoms with Crippen LogP contribution in [0.15, 0.2) is 0 Å². The maximum atomic E-state index is 2.39. The van der Waals surface area contributed by atoms with Crippen LogP contribution in [0, 0.1) is 19.3 Å². The Morgan fingerprint density at radius 2 is 0.577 bits per heavy atom. The Kier molecular flexibility index (Phi) is 35.3. The fourth-order valence-electron chi connectivity index (χ4n) is 2.70. The zero-order chi connectivity index (χ0) is 17.2. The van der Waals surface area contributed by atoms with E-state index in [1.54, 1.807) is 0 Å². The van der Waals surface area contributed by atoms with Crippen molar-refractivity contribution in [2.24, 2.45) is 0 Å². The normalized spacial score (nSPS) is 18.9. The summed E-state index contributed by atoms with van der Waals surface area (Å²) < 4.78 is 1.00. The van der Waals surface area contributed by atoms with Crippen molar-refractivity contribution in [1.82, 2.24) is 0 Å². The van der Waals surface area contributed by atoms with Crippen molar-refractivity contribution in [3.63, 3.8) is 0 Å². The third kappa shape index (κ3) is 40.1. The van der Waals surface area contributed by atoms with E-state index in [1.807, 2.05) is 0 Å². The second-order valence-corrected chi connectivity index (χ2v) is 8.46. The molecule has 0 aromatic carbocycles. The van der Waals surface area contributed by atoms with Crippen LogP contribution >= 0.6 is 0 Å². The van der Waals surface area contributed by atoms with Gasteiger partial charge in [-0.05, 0) is 0 Å². The number of quaternary nitrogens is 1. The summed E-state index contributed by atoms with van der Waals surface area (Å²) in [7, 11) is 8.50. The van der Waals surface area contributed by atoms with Gasteiger partial charge in [0.1, 0.15) is 0 Å². The van der Waals surface area contributed by atoms with Crippen LogP contribution in [-0.2, 0) is 0 Å². The zero-order valence-corrected chi connectivity index (χ0v) is 22.4. The average molecular weight is 513 g/mol. The molecule has 0 radical (unpaired) electrons. The minimum atomic E-state index is 0. The summed E-state index contributed by atoms with van der Waals surface area (Å²) in [4.78, 5) is 0. The fourth-order valence-corrected chi connectivity index (χ4v) is 2.70. The Hall–Kier alpha value is 1.34. The van der Waals surface area contributed by atoms with Gasteiger partial charge < -0.3 is 48.6 Å². The van der Waals surface area contributed by atoms with E-state index in [0.717, 1.165) is 4.48 Å². The zero-order valence-electron chi connectivity index (χ0n) is 18.0. The summed E-state index contributed by atoms with van der Waals surface area (Å²) in [5.74, 6) is 0. The third-order valence-corrected chi connectivity index (χ3v) is 3.95. The molecule has 0 aromatic rings. The molecule has 3 fully saturated rings. The second kappa shape index (κ2) is 26.3. The Bertz CT molecular complexity index is 152. The SMILES string of the molecule is C[N+](C)(C)C.[CH-]1CCCCC1.[CH-]1CCCCC1.[CH-]1CCCCC1.[Cl-].[Cl-].[Sn+4]. The van der Waals surface area contributed by atoms with E-state index in [9.17, 15) is 0 Å². The van der Waals surface area contributed by atoms with E-state index >= 15 is 0 Å². The van der Waals surface area contributed by atoms with Gasteiger partial charge in [-0.15, -0.1) is 0 Å². The third-order valence-electron chi connectivity index (χ3n) is 3.95. The molecule has 1 nitrogen and oxygen atoms in total. The van der Waals surface area contributed by atoms with Crippen LogP contribution in [0.4, 0.5) is 0 Å². The number of rotatable bonds is 0. The molecular formula is C22H45Cl2NSn. The molecule has 0 spiro atoms. The molecule has 0 atom stereocenters. The quantitative estimate of drug-likeness (QED) is 0.251. The van der Waals surface area contributed by atoms with Crippen molar-refractivity contribution >= 4 is 23.9 Å². The number of nitrogens with zero attached hydrogens (tertiary/aromatic N) is 1. The molecule has 0 bridgehead atoms. The Morgan fingerprint density at radius 1 is 0.423 bits per heavy atom. The summed E-state index contributed by atoms with van der Waals surface area (Å²) in [6, 6.07) is 0. The molecule has 0 heterocycles. The van der Waals surface area contributed by atoms with E-state index in [0.29, 0.717) is 0 Å². The Labute approximate surface area is 196 Å². The first-order valence-corrected chi connectivity index (χ1v) is 10.2. The van der Waals surface area contributed by atoms with Crippen molar-refractivity contribution in [2.75, 3.05) is 28.2 Å². The molecule has 156 valence electrons. The van der Waals surface area contributed by atoms with Crippen LogP contribution in [0.2, 0.25) is 0 Å². The average Bonchev–Trinajstić information content (AvgIpc) is 2.59. The van der Waals surface area contributed by atoms with Gasteiger partial charge in [0.05, 0.1) is 28.2 Å². The molecule has 0 aromatic heterocycles. The first-order valence-electron chi connectivity index (χ1n) is 10.2.